The van der Waals surface area contributed by atoms with Crippen molar-refractivity contribution in [1.82, 2.24) is 14.9 Å². The van der Waals surface area contributed by atoms with Gasteiger partial charge in [0.05, 0.1) is 12.1 Å². The quantitative estimate of drug-likeness (QED) is 0.768. The number of benzene rings is 1. The number of thiophene rings is 1. The Kier molecular flexibility index (Phi) is 3.90. The summed E-state index contributed by atoms with van der Waals surface area (Å²) in [5.41, 5.74) is 1.96. The lowest BCUT2D eigenvalue weighted by Crippen LogP contribution is -2.25. The van der Waals surface area contributed by atoms with Crippen LogP contribution in [0, 0.1) is 0 Å². The van der Waals surface area contributed by atoms with Gasteiger partial charge in [0.15, 0.2) is 11.5 Å². The van der Waals surface area contributed by atoms with Gasteiger partial charge < -0.3 is 14.5 Å². The number of ether oxygens (including phenoxy) is 2. The van der Waals surface area contributed by atoms with Crippen molar-refractivity contribution in [2.75, 3.05) is 19.8 Å². The monoisotopic (exact) mass is 369 g/mol. The standard InChI is InChI=1S/C19H19N3O3S/c23-19-18-13(5-9-26-18)20-17(21-19)11-22-6-1-2-14(22)12-3-4-15-16(10-12)25-8-7-24-15/h3-5,9-10,14H,1-2,6-8,11H2,(H,20,21,23)/t14-/m0/s1. The van der Waals surface area contributed by atoms with Crippen LogP contribution >= 0.6 is 11.3 Å². The molecule has 2 aliphatic rings. The predicted molar refractivity (Wildman–Crippen MR) is 100 cm³/mol. The smallest absolute Gasteiger partial charge is 0.268 e. The first kappa shape index (κ1) is 15.8. The summed E-state index contributed by atoms with van der Waals surface area (Å²) in [5, 5.41) is 1.91. The van der Waals surface area contributed by atoms with Crippen molar-refractivity contribution in [1.29, 1.82) is 0 Å². The van der Waals surface area contributed by atoms with Crippen LogP contribution < -0.4 is 15.0 Å². The summed E-state index contributed by atoms with van der Waals surface area (Å²) in [7, 11) is 0. The lowest BCUT2D eigenvalue weighted by molar-refractivity contribution is 0.170. The molecule has 0 spiro atoms. The zero-order chi connectivity index (χ0) is 17.5. The van der Waals surface area contributed by atoms with Gasteiger partial charge in [0.1, 0.15) is 23.7 Å². The van der Waals surface area contributed by atoms with E-state index in [2.05, 4.69) is 27.0 Å². The van der Waals surface area contributed by atoms with Gasteiger partial charge in [-0.15, -0.1) is 11.3 Å². The van der Waals surface area contributed by atoms with Crippen LogP contribution in [0.15, 0.2) is 34.4 Å². The second kappa shape index (κ2) is 6.41. The summed E-state index contributed by atoms with van der Waals surface area (Å²) in [6.45, 7) is 2.83. The Hall–Kier alpha value is -2.38. The molecule has 7 heteroatoms. The zero-order valence-electron chi connectivity index (χ0n) is 14.2. The summed E-state index contributed by atoms with van der Waals surface area (Å²) in [6, 6.07) is 8.41. The van der Waals surface area contributed by atoms with Crippen molar-refractivity contribution < 1.29 is 9.47 Å². The van der Waals surface area contributed by atoms with Crippen LogP contribution in [0.3, 0.4) is 0 Å². The maximum absolute atomic E-state index is 12.2. The average Bonchev–Trinajstić information content (AvgIpc) is 3.31. The number of fused-ring (bicyclic) bond motifs is 2. The molecule has 0 bridgehead atoms. The van der Waals surface area contributed by atoms with E-state index in [4.69, 9.17) is 9.47 Å². The van der Waals surface area contributed by atoms with Crippen LogP contribution in [0.5, 0.6) is 11.5 Å². The molecule has 0 unspecified atom stereocenters. The topological polar surface area (TPSA) is 67.5 Å². The second-order valence-corrected chi connectivity index (χ2v) is 7.60. The molecule has 1 atom stereocenters. The molecule has 4 heterocycles. The highest BCUT2D eigenvalue weighted by Gasteiger charge is 2.28. The molecular formula is C19H19N3O3S. The van der Waals surface area contributed by atoms with E-state index in [1.54, 1.807) is 0 Å². The van der Waals surface area contributed by atoms with Gasteiger partial charge in [-0.3, -0.25) is 9.69 Å². The lowest BCUT2D eigenvalue weighted by atomic mass is 10.0. The van der Waals surface area contributed by atoms with Crippen molar-refractivity contribution in [3.8, 4) is 11.5 Å². The minimum absolute atomic E-state index is 0.0462. The van der Waals surface area contributed by atoms with Gasteiger partial charge in [0, 0.05) is 6.04 Å². The first-order chi connectivity index (χ1) is 12.8. The Morgan fingerprint density at radius 1 is 1.23 bits per heavy atom. The molecule has 0 amide bonds. The van der Waals surface area contributed by atoms with Gasteiger partial charge >= 0.3 is 0 Å². The van der Waals surface area contributed by atoms with Crippen LogP contribution in [0.2, 0.25) is 0 Å². The van der Waals surface area contributed by atoms with Crippen molar-refractivity contribution >= 4 is 21.6 Å². The number of aromatic nitrogens is 2. The SMILES string of the molecule is O=c1[nH]c(CN2CCC[C@H]2c2ccc3c(c2)OCCO3)nc2ccsc12. The fourth-order valence-corrected chi connectivity index (χ4v) is 4.57. The van der Waals surface area contributed by atoms with Gasteiger partial charge in [-0.25, -0.2) is 4.98 Å². The third-order valence-corrected chi connectivity index (χ3v) is 5.93. The summed E-state index contributed by atoms with van der Waals surface area (Å²) < 4.78 is 12.0. The molecule has 1 N–H and O–H groups in total. The molecular weight excluding hydrogens is 350 g/mol. The van der Waals surface area contributed by atoms with Crippen LogP contribution in [-0.4, -0.2) is 34.6 Å². The summed E-state index contributed by atoms with van der Waals surface area (Å²) in [4.78, 5) is 22.2. The Labute approximate surface area is 154 Å². The van der Waals surface area contributed by atoms with E-state index in [-0.39, 0.29) is 5.56 Å². The number of hydrogen-bond acceptors (Lipinski definition) is 6. The summed E-state index contributed by atoms with van der Waals surface area (Å²) in [6.07, 6.45) is 2.22. The molecule has 0 radical (unpaired) electrons. The first-order valence-corrected chi connectivity index (χ1v) is 9.76. The number of nitrogens with zero attached hydrogens (tertiary/aromatic N) is 2. The predicted octanol–water partition coefficient (Wildman–Crippen LogP) is 3.09. The number of aromatic amines is 1. The first-order valence-electron chi connectivity index (χ1n) is 8.88. The molecule has 1 aromatic carbocycles. The van der Waals surface area contributed by atoms with Crippen molar-refractivity contribution in [3.05, 3.63) is 51.4 Å². The fraction of sp³-hybridized carbons (Fsp3) is 0.368. The Balaban J connectivity index is 1.42. The van der Waals surface area contributed by atoms with Gasteiger partial charge in [-0.05, 0) is 48.5 Å². The molecule has 134 valence electrons. The third kappa shape index (κ3) is 2.77. The Morgan fingerprint density at radius 3 is 3.04 bits per heavy atom. The molecule has 26 heavy (non-hydrogen) atoms. The molecule has 2 aromatic heterocycles. The van der Waals surface area contributed by atoms with Crippen LogP contribution in [0.4, 0.5) is 0 Å². The van der Waals surface area contributed by atoms with E-state index >= 15 is 0 Å². The van der Waals surface area contributed by atoms with Crippen molar-refractivity contribution in [2.24, 2.45) is 0 Å². The summed E-state index contributed by atoms with van der Waals surface area (Å²) in [5.74, 6) is 2.37. The number of likely N-dealkylation sites (tertiary alicyclic amines) is 1. The second-order valence-electron chi connectivity index (χ2n) is 6.68. The fourth-order valence-electron chi connectivity index (χ4n) is 3.85. The Morgan fingerprint density at radius 2 is 2.12 bits per heavy atom. The van der Waals surface area contributed by atoms with E-state index in [0.29, 0.717) is 30.5 Å². The molecule has 6 nitrogen and oxygen atoms in total. The van der Waals surface area contributed by atoms with E-state index in [9.17, 15) is 4.79 Å². The van der Waals surface area contributed by atoms with Gasteiger partial charge in [-0.2, -0.15) is 0 Å². The molecule has 0 aliphatic carbocycles. The number of H-pyrrole nitrogens is 1. The maximum atomic E-state index is 12.2. The van der Waals surface area contributed by atoms with Crippen LogP contribution in [0.25, 0.3) is 10.2 Å². The highest BCUT2D eigenvalue weighted by molar-refractivity contribution is 7.17. The third-order valence-electron chi connectivity index (χ3n) is 5.03. The average molecular weight is 369 g/mol. The highest BCUT2D eigenvalue weighted by atomic mass is 32.1. The number of nitrogens with one attached hydrogen (secondary N) is 1. The molecule has 1 saturated heterocycles. The van der Waals surface area contributed by atoms with Crippen LogP contribution in [0.1, 0.15) is 30.3 Å². The zero-order valence-corrected chi connectivity index (χ0v) is 15.1. The van der Waals surface area contributed by atoms with Gasteiger partial charge in [-0.1, -0.05) is 6.07 Å². The highest BCUT2D eigenvalue weighted by Crippen LogP contribution is 2.38. The van der Waals surface area contributed by atoms with E-state index in [0.717, 1.165) is 42.2 Å². The molecule has 3 aromatic rings. The van der Waals surface area contributed by atoms with Crippen LogP contribution in [-0.2, 0) is 6.54 Å². The van der Waals surface area contributed by atoms with E-state index in [1.807, 2.05) is 17.5 Å². The largest absolute Gasteiger partial charge is 0.486 e. The maximum Gasteiger partial charge on any atom is 0.268 e. The van der Waals surface area contributed by atoms with E-state index in [1.165, 1.54) is 16.9 Å². The molecule has 2 aliphatic heterocycles. The van der Waals surface area contributed by atoms with Crippen molar-refractivity contribution in [2.45, 2.75) is 25.4 Å². The number of hydrogen-bond donors (Lipinski definition) is 1. The van der Waals surface area contributed by atoms with Gasteiger partial charge in [0.2, 0.25) is 0 Å². The number of rotatable bonds is 3. The molecule has 5 rings (SSSR count). The lowest BCUT2D eigenvalue weighted by Gasteiger charge is -2.26. The van der Waals surface area contributed by atoms with Gasteiger partial charge in [0.25, 0.3) is 5.56 Å². The Bertz CT molecular complexity index is 1010. The molecule has 1 fully saturated rings. The minimum atomic E-state index is -0.0462. The molecule has 0 saturated carbocycles. The van der Waals surface area contributed by atoms with E-state index < -0.39 is 0 Å². The minimum Gasteiger partial charge on any atom is -0.486 e. The van der Waals surface area contributed by atoms with Crippen molar-refractivity contribution in [3.63, 3.8) is 0 Å². The normalized spacial score (nSPS) is 19.9. The summed E-state index contributed by atoms with van der Waals surface area (Å²) >= 11 is 1.43.